The molecular weight excluding hydrogens is 250 g/mol. The number of nitrogens with one attached hydrogen (secondary N) is 1. The summed E-state index contributed by atoms with van der Waals surface area (Å²) >= 11 is 0. The van der Waals surface area contributed by atoms with E-state index in [9.17, 15) is 8.42 Å². The predicted octanol–water partition coefficient (Wildman–Crippen LogP) is 1.54. The lowest BCUT2D eigenvalue weighted by Gasteiger charge is -2.20. The standard InChI is InChI=1S/C12H19N3O2S/c1-3-15(9-10-6-7-10)18(16,17)12-11(13-2)5-4-8-14-12/h4-5,8,10,13H,3,6-7,9H2,1-2H3. The van der Waals surface area contributed by atoms with Crippen molar-refractivity contribution in [1.82, 2.24) is 9.29 Å². The number of pyridine rings is 1. The maximum Gasteiger partial charge on any atom is 0.262 e. The van der Waals surface area contributed by atoms with Gasteiger partial charge in [-0.05, 0) is 30.9 Å². The fourth-order valence-corrected chi connectivity index (χ4v) is 3.53. The van der Waals surface area contributed by atoms with Gasteiger partial charge in [0, 0.05) is 26.3 Å². The zero-order chi connectivity index (χ0) is 13.2. The summed E-state index contributed by atoms with van der Waals surface area (Å²) in [5, 5.41) is 3.00. The number of anilines is 1. The van der Waals surface area contributed by atoms with Gasteiger partial charge in [-0.2, -0.15) is 4.31 Å². The molecule has 0 aliphatic heterocycles. The minimum Gasteiger partial charge on any atom is -0.386 e. The first-order valence-electron chi connectivity index (χ1n) is 6.22. The normalized spacial score (nSPS) is 15.9. The molecule has 0 radical (unpaired) electrons. The van der Waals surface area contributed by atoms with Crippen molar-refractivity contribution < 1.29 is 8.42 Å². The molecule has 0 atom stereocenters. The van der Waals surface area contributed by atoms with Gasteiger partial charge in [0.05, 0.1) is 5.69 Å². The van der Waals surface area contributed by atoms with Gasteiger partial charge in [-0.3, -0.25) is 0 Å². The molecule has 0 aromatic carbocycles. The lowest BCUT2D eigenvalue weighted by Crippen LogP contribution is -2.33. The van der Waals surface area contributed by atoms with E-state index in [0.717, 1.165) is 12.8 Å². The van der Waals surface area contributed by atoms with Crippen molar-refractivity contribution in [3.8, 4) is 0 Å². The first kappa shape index (κ1) is 13.3. The number of aromatic nitrogens is 1. The highest BCUT2D eigenvalue weighted by molar-refractivity contribution is 7.89. The Kier molecular flexibility index (Phi) is 3.87. The van der Waals surface area contributed by atoms with Crippen molar-refractivity contribution in [1.29, 1.82) is 0 Å². The fourth-order valence-electron chi connectivity index (χ4n) is 1.89. The maximum atomic E-state index is 12.5. The third-order valence-corrected chi connectivity index (χ3v) is 5.04. The molecule has 0 saturated heterocycles. The summed E-state index contributed by atoms with van der Waals surface area (Å²) in [6, 6.07) is 3.45. The smallest absolute Gasteiger partial charge is 0.262 e. The molecular formula is C12H19N3O2S. The summed E-state index contributed by atoms with van der Waals surface area (Å²) in [7, 11) is -1.79. The van der Waals surface area contributed by atoms with Crippen LogP contribution in [0.3, 0.4) is 0 Å². The zero-order valence-electron chi connectivity index (χ0n) is 10.8. The van der Waals surface area contributed by atoms with Crippen LogP contribution >= 0.6 is 0 Å². The Hall–Kier alpha value is -1.14. The topological polar surface area (TPSA) is 62.3 Å². The largest absolute Gasteiger partial charge is 0.386 e. The van der Waals surface area contributed by atoms with Crippen molar-refractivity contribution in [3.63, 3.8) is 0 Å². The lowest BCUT2D eigenvalue weighted by atomic mass is 10.4. The molecule has 0 spiro atoms. The average molecular weight is 269 g/mol. The van der Waals surface area contributed by atoms with Crippen molar-refractivity contribution in [3.05, 3.63) is 18.3 Å². The van der Waals surface area contributed by atoms with Crippen LogP contribution in [0.5, 0.6) is 0 Å². The SMILES string of the molecule is CCN(CC1CC1)S(=O)(=O)c1ncccc1NC. The van der Waals surface area contributed by atoms with Crippen LogP contribution in [0, 0.1) is 5.92 Å². The number of hydrogen-bond donors (Lipinski definition) is 1. The van der Waals surface area contributed by atoms with Crippen LogP contribution in [0.2, 0.25) is 0 Å². The Balaban J connectivity index is 2.32. The minimum absolute atomic E-state index is 0.120. The van der Waals surface area contributed by atoms with Gasteiger partial charge >= 0.3 is 0 Å². The van der Waals surface area contributed by atoms with Crippen LogP contribution in [0.15, 0.2) is 23.4 Å². The Morgan fingerprint density at radius 2 is 2.22 bits per heavy atom. The molecule has 100 valence electrons. The zero-order valence-corrected chi connectivity index (χ0v) is 11.6. The highest BCUT2D eigenvalue weighted by Gasteiger charge is 2.32. The summed E-state index contributed by atoms with van der Waals surface area (Å²) < 4.78 is 26.6. The summed E-state index contributed by atoms with van der Waals surface area (Å²) in [6.07, 6.45) is 3.78. The average Bonchev–Trinajstić information content (AvgIpc) is 3.19. The molecule has 0 bridgehead atoms. The van der Waals surface area contributed by atoms with E-state index >= 15 is 0 Å². The van der Waals surface area contributed by atoms with Crippen LogP contribution in [0.25, 0.3) is 0 Å². The maximum absolute atomic E-state index is 12.5. The second-order valence-corrected chi connectivity index (χ2v) is 6.36. The number of rotatable bonds is 6. The third kappa shape index (κ3) is 2.64. The van der Waals surface area contributed by atoms with E-state index in [0.29, 0.717) is 24.7 Å². The van der Waals surface area contributed by atoms with Crippen LogP contribution in [0.4, 0.5) is 5.69 Å². The van der Waals surface area contributed by atoms with Crippen molar-refractivity contribution in [2.24, 2.45) is 5.92 Å². The van der Waals surface area contributed by atoms with Crippen molar-refractivity contribution in [2.75, 3.05) is 25.5 Å². The predicted molar refractivity (Wildman–Crippen MR) is 70.9 cm³/mol. The molecule has 0 amide bonds. The van der Waals surface area contributed by atoms with E-state index in [1.54, 1.807) is 19.2 Å². The van der Waals surface area contributed by atoms with Crippen LogP contribution < -0.4 is 5.32 Å². The first-order valence-corrected chi connectivity index (χ1v) is 7.66. The van der Waals surface area contributed by atoms with Crippen LogP contribution in [-0.2, 0) is 10.0 Å². The summed E-state index contributed by atoms with van der Waals surface area (Å²) in [4.78, 5) is 4.03. The summed E-state index contributed by atoms with van der Waals surface area (Å²) in [5.41, 5.74) is 0.548. The Labute approximate surface area is 108 Å². The highest BCUT2D eigenvalue weighted by Crippen LogP contribution is 2.32. The van der Waals surface area contributed by atoms with Crippen LogP contribution in [-0.4, -0.2) is 37.8 Å². The van der Waals surface area contributed by atoms with Gasteiger partial charge in [0.15, 0.2) is 5.03 Å². The molecule has 1 aromatic rings. The van der Waals surface area contributed by atoms with Gasteiger partial charge in [0.1, 0.15) is 0 Å². The van der Waals surface area contributed by atoms with Gasteiger partial charge in [0.25, 0.3) is 10.0 Å². The minimum atomic E-state index is -3.49. The molecule has 0 unspecified atom stereocenters. The van der Waals surface area contributed by atoms with Gasteiger partial charge in [0.2, 0.25) is 0 Å². The quantitative estimate of drug-likeness (QED) is 0.851. The van der Waals surface area contributed by atoms with Gasteiger partial charge < -0.3 is 5.32 Å². The number of nitrogens with zero attached hydrogens (tertiary/aromatic N) is 2. The first-order chi connectivity index (χ1) is 8.59. The molecule has 18 heavy (non-hydrogen) atoms. The Morgan fingerprint density at radius 1 is 1.50 bits per heavy atom. The van der Waals surface area contributed by atoms with E-state index in [1.807, 2.05) is 6.92 Å². The van der Waals surface area contributed by atoms with E-state index in [4.69, 9.17) is 0 Å². The molecule has 1 aliphatic carbocycles. The van der Waals surface area contributed by atoms with E-state index < -0.39 is 10.0 Å². The van der Waals surface area contributed by atoms with Gasteiger partial charge in [-0.25, -0.2) is 13.4 Å². The molecule has 5 nitrogen and oxygen atoms in total. The molecule has 1 N–H and O–H groups in total. The number of hydrogen-bond acceptors (Lipinski definition) is 4. The molecule has 1 aromatic heterocycles. The summed E-state index contributed by atoms with van der Waals surface area (Å²) in [6.45, 7) is 2.96. The fraction of sp³-hybridized carbons (Fsp3) is 0.583. The van der Waals surface area contributed by atoms with E-state index in [1.165, 1.54) is 10.5 Å². The van der Waals surface area contributed by atoms with Crippen LogP contribution in [0.1, 0.15) is 19.8 Å². The van der Waals surface area contributed by atoms with Crippen molar-refractivity contribution in [2.45, 2.75) is 24.8 Å². The second-order valence-electron chi connectivity index (χ2n) is 4.51. The monoisotopic (exact) mass is 269 g/mol. The second kappa shape index (κ2) is 5.24. The molecule has 1 heterocycles. The van der Waals surface area contributed by atoms with E-state index in [-0.39, 0.29) is 5.03 Å². The third-order valence-electron chi connectivity index (χ3n) is 3.14. The van der Waals surface area contributed by atoms with E-state index in [2.05, 4.69) is 10.3 Å². The summed E-state index contributed by atoms with van der Waals surface area (Å²) in [5.74, 6) is 0.529. The highest BCUT2D eigenvalue weighted by atomic mass is 32.2. The molecule has 6 heteroatoms. The Bertz CT molecular complexity index is 512. The molecule has 1 aliphatic rings. The Morgan fingerprint density at radius 3 is 2.78 bits per heavy atom. The number of sulfonamides is 1. The van der Waals surface area contributed by atoms with Gasteiger partial charge in [-0.15, -0.1) is 0 Å². The van der Waals surface area contributed by atoms with Gasteiger partial charge in [-0.1, -0.05) is 6.92 Å². The molecule has 1 fully saturated rings. The lowest BCUT2D eigenvalue weighted by molar-refractivity contribution is 0.410. The molecule has 1 saturated carbocycles. The van der Waals surface area contributed by atoms with Crippen molar-refractivity contribution >= 4 is 15.7 Å². The molecule has 2 rings (SSSR count).